The van der Waals surface area contributed by atoms with E-state index in [1.807, 2.05) is 53.6 Å². The lowest BCUT2D eigenvalue weighted by atomic mass is 10.0. The molecule has 1 aliphatic heterocycles. The van der Waals surface area contributed by atoms with Crippen LogP contribution in [0.15, 0.2) is 91.3 Å². The number of nitrogens with one attached hydrogen (secondary N) is 1. The third-order valence-electron chi connectivity index (χ3n) is 5.67. The van der Waals surface area contributed by atoms with Gasteiger partial charge >= 0.3 is 0 Å². The van der Waals surface area contributed by atoms with Crippen molar-refractivity contribution in [2.24, 2.45) is 0 Å². The van der Waals surface area contributed by atoms with Crippen LogP contribution in [0, 0.1) is 12.7 Å². The highest BCUT2D eigenvalue weighted by Crippen LogP contribution is 2.43. The van der Waals surface area contributed by atoms with Crippen LogP contribution in [-0.4, -0.2) is 14.7 Å². The van der Waals surface area contributed by atoms with Gasteiger partial charge in [-0.15, -0.1) is 0 Å². The molecule has 0 aliphatic carbocycles. The molecule has 0 saturated carbocycles. The number of hydrogen-bond acceptors (Lipinski definition) is 2. The third-order valence-corrected chi connectivity index (χ3v) is 5.98. The smallest absolute Gasteiger partial charge is 0.174 e. The fourth-order valence-corrected chi connectivity index (χ4v) is 4.59. The van der Waals surface area contributed by atoms with E-state index in [1.165, 1.54) is 6.07 Å². The summed E-state index contributed by atoms with van der Waals surface area (Å²) in [5.41, 5.74) is 4.53. The molecule has 2 aromatic carbocycles. The molecule has 0 amide bonds. The highest BCUT2D eigenvalue weighted by Gasteiger charge is 2.43. The molecule has 2 aromatic heterocycles. The van der Waals surface area contributed by atoms with E-state index in [4.69, 9.17) is 12.2 Å². The Kier molecular flexibility index (Phi) is 5.00. The van der Waals surface area contributed by atoms with Gasteiger partial charge in [0.25, 0.3) is 0 Å². The summed E-state index contributed by atoms with van der Waals surface area (Å²) in [6.07, 6.45) is 3.80. The second-order valence-electron chi connectivity index (χ2n) is 7.54. The molecule has 1 aliphatic rings. The van der Waals surface area contributed by atoms with E-state index in [0.29, 0.717) is 10.8 Å². The van der Waals surface area contributed by atoms with Crippen molar-refractivity contribution in [1.82, 2.24) is 14.9 Å². The average molecular weight is 429 g/mol. The third kappa shape index (κ3) is 3.39. The molecule has 4 nitrogen and oxygen atoms in total. The molecular formula is C25H21FN4S. The largest absolute Gasteiger partial charge is 0.351 e. The van der Waals surface area contributed by atoms with Crippen molar-refractivity contribution in [3.05, 3.63) is 114 Å². The zero-order valence-corrected chi connectivity index (χ0v) is 17.8. The van der Waals surface area contributed by atoms with Crippen molar-refractivity contribution < 1.29 is 4.39 Å². The first-order chi connectivity index (χ1) is 15.1. The lowest BCUT2D eigenvalue weighted by molar-refractivity contribution is 0.541. The molecule has 154 valence electrons. The van der Waals surface area contributed by atoms with Crippen LogP contribution in [0.1, 0.15) is 29.0 Å². The lowest BCUT2D eigenvalue weighted by Crippen LogP contribution is -2.31. The summed E-state index contributed by atoms with van der Waals surface area (Å²) in [6, 6.07) is 24.3. The number of rotatable bonds is 4. The number of anilines is 1. The molecule has 0 radical (unpaired) electrons. The lowest BCUT2D eigenvalue weighted by Gasteiger charge is -2.29. The van der Waals surface area contributed by atoms with Gasteiger partial charge in [-0.05, 0) is 67.2 Å². The van der Waals surface area contributed by atoms with Gasteiger partial charge in [-0.25, -0.2) is 4.39 Å². The van der Waals surface area contributed by atoms with Crippen LogP contribution in [0.4, 0.5) is 10.1 Å². The van der Waals surface area contributed by atoms with Crippen molar-refractivity contribution in [3.63, 3.8) is 0 Å². The van der Waals surface area contributed by atoms with Crippen LogP contribution in [0.5, 0.6) is 0 Å². The predicted molar refractivity (Wildman–Crippen MR) is 125 cm³/mol. The molecule has 1 saturated heterocycles. The maximum atomic E-state index is 14.9. The van der Waals surface area contributed by atoms with E-state index in [0.717, 1.165) is 22.6 Å². The average Bonchev–Trinajstić information content (AvgIpc) is 3.39. The number of pyridine rings is 1. The molecule has 0 unspecified atom stereocenters. The van der Waals surface area contributed by atoms with E-state index in [9.17, 15) is 4.39 Å². The van der Waals surface area contributed by atoms with Crippen molar-refractivity contribution >= 4 is 23.0 Å². The maximum Gasteiger partial charge on any atom is 0.174 e. The van der Waals surface area contributed by atoms with E-state index in [2.05, 4.69) is 40.0 Å². The molecule has 3 heterocycles. The van der Waals surface area contributed by atoms with Crippen molar-refractivity contribution in [3.8, 4) is 5.69 Å². The summed E-state index contributed by atoms with van der Waals surface area (Å²) in [5.74, 6) is -0.313. The Hall–Kier alpha value is -3.51. The van der Waals surface area contributed by atoms with Crippen LogP contribution in [-0.2, 0) is 0 Å². The molecule has 5 rings (SSSR count). The summed E-state index contributed by atoms with van der Waals surface area (Å²) in [6.45, 7) is 2.08. The van der Waals surface area contributed by atoms with Gasteiger partial charge in [0.2, 0.25) is 0 Å². The fraction of sp³-hybridized carbons (Fsp3) is 0.120. The zero-order valence-electron chi connectivity index (χ0n) is 16.9. The van der Waals surface area contributed by atoms with Gasteiger partial charge in [0.1, 0.15) is 11.9 Å². The van der Waals surface area contributed by atoms with Crippen molar-refractivity contribution in [2.75, 3.05) is 4.90 Å². The number of nitrogens with zero attached hydrogens (tertiary/aromatic N) is 3. The highest BCUT2D eigenvalue weighted by atomic mass is 32.1. The molecule has 6 heteroatoms. The van der Waals surface area contributed by atoms with E-state index in [1.54, 1.807) is 18.3 Å². The Bertz CT molecular complexity index is 1240. The molecule has 1 fully saturated rings. The molecule has 31 heavy (non-hydrogen) atoms. The van der Waals surface area contributed by atoms with E-state index >= 15 is 0 Å². The highest BCUT2D eigenvalue weighted by molar-refractivity contribution is 7.80. The van der Waals surface area contributed by atoms with Crippen molar-refractivity contribution in [1.29, 1.82) is 0 Å². The predicted octanol–water partition coefficient (Wildman–Crippen LogP) is 5.50. The van der Waals surface area contributed by atoms with Crippen LogP contribution in [0.25, 0.3) is 5.69 Å². The number of aromatic nitrogens is 2. The monoisotopic (exact) mass is 428 g/mol. The Morgan fingerprint density at radius 1 is 0.903 bits per heavy atom. The van der Waals surface area contributed by atoms with Crippen LogP contribution < -0.4 is 10.2 Å². The minimum atomic E-state index is -0.313. The maximum absolute atomic E-state index is 14.9. The summed E-state index contributed by atoms with van der Waals surface area (Å²) in [4.78, 5) is 6.44. The first-order valence-corrected chi connectivity index (χ1v) is 10.5. The quantitative estimate of drug-likeness (QED) is 0.435. The molecule has 2 atom stereocenters. The Labute approximate surface area is 186 Å². The van der Waals surface area contributed by atoms with E-state index in [-0.39, 0.29) is 17.9 Å². The van der Waals surface area contributed by atoms with Crippen LogP contribution >= 0.6 is 12.2 Å². The van der Waals surface area contributed by atoms with Gasteiger partial charge in [0.05, 0.1) is 17.4 Å². The standard InChI is InChI=1S/C25H21FN4S/c1-17-9-2-4-12-20(17)29-16-8-14-22(29)24-23(19-11-6-7-15-27-19)28-25(31)30(24)21-13-5-3-10-18(21)26/h2-16,23-24H,1H3,(H,28,31)/t23-,24+/m0/s1. The van der Waals surface area contributed by atoms with Gasteiger partial charge in [-0.1, -0.05) is 36.4 Å². The SMILES string of the molecule is Cc1ccccc1-n1cccc1[C@@H]1[C@H](c2ccccn2)NC(=S)N1c1ccccc1F. The van der Waals surface area contributed by atoms with Gasteiger partial charge < -0.3 is 14.8 Å². The molecule has 0 bridgehead atoms. The Morgan fingerprint density at radius 3 is 2.39 bits per heavy atom. The summed E-state index contributed by atoms with van der Waals surface area (Å²) in [5, 5.41) is 3.87. The topological polar surface area (TPSA) is 33.1 Å². The second-order valence-corrected chi connectivity index (χ2v) is 7.92. The van der Waals surface area contributed by atoms with Gasteiger partial charge in [-0.2, -0.15) is 0 Å². The Balaban J connectivity index is 1.71. The minimum absolute atomic E-state index is 0.231. The van der Waals surface area contributed by atoms with Gasteiger partial charge in [0, 0.05) is 23.8 Å². The van der Waals surface area contributed by atoms with Gasteiger partial charge in [-0.3, -0.25) is 4.98 Å². The van der Waals surface area contributed by atoms with Crippen LogP contribution in [0.2, 0.25) is 0 Å². The second kappa shape index (κ2) is 7.96. The van der Waals surface area contributed by atoms with Gasteiger partial charge in [0.15, 0.2) is 5.11 Å². The number of benzene rings is 2. The van der Waals surface area contributed by atoms with E-state index < -0.39 is 0 Å². The molecule has 0 spiro atoms. The fourth-order valence-electron chi connectivity index (χ4n) is 4.25. The molecule has 1 N–H and O–H groups in total. The summed E-state index contributed by atoms with van der Waals surface area (Å²) >= 11 is 5.71. The van der Waals surface area contributed by atoms with Crippen molar-refractivity contribution in [2.45, 2.75) is 19.0 Å². The van der Waals surface area contributed by atoms with Crippen LogP contribution in [0.3, 0.4) is 0 Å². The minimum Gasteiger partial charge on any atom is -0.351 e. The summed E-state index contributed by atoms with van der Waals surface area (Å²) < 4.78 is 17.0. The number of thiocarbonyl (C=S) groups is 1. The number of halogens is 1. The zero-order chi connectivity index (χ0) is 21.4. The number of hydrogen-bond donors (Lipinski definition) is 1. The first kappa shape index (κ1) is 19.5. The number of aryl methyl sites for hydroxylation is 1. The summed E-state index contributed by atoms with van der Waals surface area (Å²) in [7, 11) is 0. The molecular weight excluding hydrogens is 407 g/mol. The number of para-hydroxylation sites is 2. The first-order valence-electron chi connectivity index (χ1n) is 10.1. The molecule has 4 aromatic rings. The normalized spacial score (nSPS) is 18.3. The Morgan fingerprint density at radius 2 is 1.65 bits per heavy atom.